The number of fused-ring (bicyclic) bond motifs is 7. The third kappa shape index (κ3) is 6.23. The Morgan fingerprint density at radius 2 is 1.03 bits per heavy atom. The van der Waals surface area contributed by atoms with Crippen molar-refractivity contribution >= 4 is 61.4 Å². The molecule has 0 aliphatic heterocycles. The Kier molecular flexibility index (Phi) is 8.99. The highest BCUT2D eigenvalue weighted by Crippen LogP contribution is 2.54. The van der Waals surface area contributed by atoms with Crippen molar-refractivity contribution in [1.29, 1.82) is 0 Å². The molecule has 0 spiro atoms. The predicted molar refractivity (Wildman–Crippen MR) is 272 cm³/mol. The first-order chi connectivity index (χ1) is 31.9. The summed E-state index contributed by atoms with van der Waals surface area (Å²) in [7, 11) is 2.14. The Morgan fingerprint density at radius 1 is 0.431 bits per heavy atom. The van der Waals surface area contributed by atoms with Crippen LogP contribution in [-0.2, 0) is 5.41 Å². The molecule has 0 bridgehead atoms. The summed E-state index contributed by atoms with van der Waals surface area (Å²) in [6.45, 7) is 4.67. The summed E-state index contributed by atoms with van der Waals surface area (Å²) in [6.07, 6.45) is 0. The van der Waals surface area contributed by atoms with Crippen molar-refractivity contribution in [3.63, 3.8) is 0 Å². The van der Waals surface area contributed by atoms with Crippen LogP contribution < -0.4 is 9.80 Å². The number of benzene rings is 9. The van der Waals surface area contributed by atoms with Gasteiger partial charge in [-0.25, -0.2) is 4.98 Å². The lowest BCUT2D eigenvalue weighted by Gasteiger charge is -2.28. The second kappa shape index (κ2) is 15.2. The number of rotatable bonds is 8. The Hall–Kier alpha value is -8.28. The minimum absolute atomic E-state index is 0.185. The van der Waals surface area contributed by atoms with E-state index in [1.165, 1.54) is 33.2 Å². The van der Waals surface area contributed by atoms with Gasteiger partial charge in [-0.05, 0) is 94.0 Å². The van der Waals surface area contributed by atoms with E-state index in [1.54, 1.807) is 0 Å². The lowest BCUT2D eigenvalue weighted by atomic mass is 9.82. The van der Waals surface area contributed by atoms with E-state index >= 15 is 0 Å². The minimum Gasteiger partial charge on any atom is -0.344 e. The minimum atomic E-state index is -0.185. The third-order valence-electron chi connectivity index (χ3n) is 13.4. The number of para-hydroxylation sites is 4. The van der Waals surface area contributed by atoms with Crippen LogP contribution in [-0.4, -0.2) is 21.6 Å². The quantitative estimate of drug-likeness (QED) is 0.153. The molecule has 11 aromatic rings. The SMILES string of the molecule is CN(c1ccccc1)c1ccccc1-c1ccc2c3ccccc3n(-c3nc(N(c4ccc(-c5ccccc5)cc4)c4cccc5c4-c4ccccc4C5(C)C)nc4ccccc34)c2c1. The van der Waals surface area contributed by atoms with Gasteiger partial charge in [-0.2, -0.15) is 4.98 Å². The summed E-state index contributed by atoms with van der Waals surface area (Å²) in [5, 5.41) is 3.30. The summed E-state index contributed by atoms with van der Waals surface area (Å²) in [6, 6.07) is 78.2. The van der Waals surface area contributed by atoms with Crippen molar-refractivity contribution in [3.05, 3.63) is 230 Å². The van der Waals surface area contributed by atoms with Crippen molar-refractivity contribution in [1.82, 2.24) is 14.5 Å². The molecule has 0 saturated carbocycles. The van der Waals surface area contributed by atoms with Crippen molar-refractivity contribution in [2.45, 2.75) is 19.3 Å². The summed E-state index contributed by atoms with van der Waals surface area (Å²) in [5.41, 5.74) is 16.8. The van der Waals surface area contributed by atoms with E-state index < -0.39 is 0 Å². The van der Waals surface area contributed by atoms with Gasteiger partial charge < -0.3 is 4.90 Å². The number of anilines is 5. The number of aromatic nitrogens is 3. The molecule has 5 heteroatoms. The lowest BCUT2D eigenvalue weighted by molar-refractivity contribution is 0.660. The summed E-state index contributed by atoms with van der Waals surface area (Å²) >= 11 is 0. The first-order valence-corrected chi connectivity index (χ1v) is 22.3. The highest BCUT2D eigenvalue weighted by atomic mass is 15.3. The molecule has 0 amide bonds. The molecule has 12 rings (SSSR count). The van der Waals surface area contributed by atoms with Gasteiger partial charge in [-0.3, -0.25) is 9.47 Å². The van der Waals surface area contributed by atoms with Crippen LogP contribution in [0.4, 0.5) is 28.7 Å². The maximum absolute atomic E-state index is 5.75. The van der Waals surface area contributed by atoms with Crippen LogP contribution in [0.25, 0.3) is 71.9 Å². The summed E-state index contributed by atoms with van der Waals surface area (Å²) in [4.78, 5) is 15.8. The van der Waals surface area contributed by atoms with E-state index in [9.17, 15) is 0 Å². The van der Waals surface area contributed by atoms with Crippen molar-refractivity contribution in [3.8, 4) is 39.2 Å². The van der Waals surface area contributed by atoms with Crippen LogP contribution in [0.5, 0.6) is 0 Å². The van der Waals surface area contributed by atoms with E-state index in [0.29, 0.717) is 5.95 Å². The predicted octanol–water partition coefficient (Wildman–Crippen LogP) is 15.6. The molecule has 0 unspecified atom stereocenters. The van der Waals surface area contributed by atoms with Gasteiger partial charge in [-0.15, -0.1) is 0 Å². The number of hydrogen-bond donors (Lipinski definition) is 0. The standard InChI is InChI=1S/C60H45N5/c1-60(2)50-27-14-10-25-48(50)57-51(60)28-18-32-55(57)64(44-36-33-41(34-37-44)40-19-6-4-7-20-40)59-61-52-29-15-11-26-49(52)58(62-59)65-54-31-17-13-24-46(54)47-38-35-42(39-56(47)65)45-23-12-16-30-53(45)63(3)43-21-8-5-9-22-43/h4-39H,1-3H3. The molecule has 1 aliphatic carbocycles. The highest BCUT2D eigenvalue weighted by molar-refractivity contribution is 6.11. The fraction of sp³-hybridized carbons (Fsp3) is 0.0667. The third-order valence-corrected chi connectivity index (χ3v) is 13.4. The van der Waals surface area contributed by atoms with Gasteiger partial charge in [0.05, 0.1) is 22.2 Å². The van der Waals surface area contributed by atoms with Crippen LogP contribution in [0, 0.1) is 0 Å². The van der Waals surface area contributed by atoms with Gasteiger partial charge >= 0.3 is 0 Å². The smallest absolute Gasteiger partial charge is 0.237 e. The van der Waals surface area contributed by atoms with Crippen LogP contribution >= 0.6 is 0 Å². The molecule has 0 N–H and O–H groups in total. The second-order valence-electron chi connectivity index (χ2n) is 17.5. The molecule has 310 valence electrons. The van der Waals surface area contributed by atoms with Gasteiger partial charge in [-0.1, -0.05) is 172 Å². The van der Waals surface area contributed by atoms with E-state index in [0.717, 1.165) is 72.6 Å². The average molecular weight is 836 g/mol. The second-order valence-corrected chi connectivity index (χ2v) is 17.5. The lowest BCUT2D eigenvalue weighted by Crippen LogP contribution is -2.17. The van der Waals surface area contributed by atoms with Crippen LogP contribution in [0.1, 0.15) is 25.0 Å². The topological polar surface area (TPSA) is 37.2 Å². The molecule has 0 radical (unpaired) electrons. The van der Waals surface area contributed by atoms with Crippen molar-refractivity contribution in [2.75, 3.05) is 16.8 Å². The van der Waals surface area contributed by atoms with Gasteiger partial charge in [0.1, 0.15) is 0 Å². The number of nitrogens with zero attached hydrogens (tertiary/aromatic N) is 5. The van der Waals surface area contributed by atoms with E-state index in [4.69, 9.17) is 9.97 Å². The molecule has 2 heterocycles. The number of hydrogen-bond acceptors (Lipinski definition) is 4. The molecular formula is C60H45N5. The zero-order valence-electron chi connectivity index (χ0n) is 36.5. The molecular weight excluding hydrogens is 791 g/mol. The van der Waals surface area contributed by atoms with E-state index in [-0.39, 0.29) is 5.41 Å². The fourth-order valence-corrected chi connectivity index (χ4v) is 10.2. The molecule has 0 fully saturated rings. The maximum atomic E-state index is 5.75. The first-order valence-electron chi connectivity index (χ1n) is 22.3. The maximum Gasteiger partial charge on any atom is 0.237 e. The van der Waals surface area contributed by atoms with Gasteiger partial charge in [0.2, 0.25) is 5.95 Å². The molecule has 0 atom stereocenters. The molecule has 9 aromatic carbocycles. The first kappa shape index (κ1) is 38.4. The Morgan fingerprint density at radius 3 is 1.85 bits per heavy atom. The summed E-state index contributed by atoms with van der Waals surface area (Å²) in [5.74, 6) is 1.42. The Balaban J connectivity index is 1.11. The Bertz CT molecular complexity index is 3590. The zero-order chi connectivity index (χ0) is 43.6. The molecule has 5 nitrogen and oxygen atoms in total. The van der Waals surface area contributed by atoms with Gasteiger partial charge in [0.15, 0.2) is 5.82 Å². The van der Waals surface area contributed by atoms with E-state index in [1.807, 2.05) is 0 Å². The van der Waals surface area contributed by atoms with Gasteiger partial charge in [0.25, 0.3) is 0 Å². The molecule has 0 saturated heterocycles. The van der Waals surface area contributed by atoms with Crippen LogP contribution in [0.15, 0.2) is 218 Å². The highest BCUT2D eigenvalue weighted by Gasteiger charge is 2.38. The fourth-order valence-electron chi connectivity index (χ4n) is 10.2. The van der Waals surface area contributed by atoms with Crippen molar-refractivity contribution < 1.29 is 0 Å². The Labute approximate surface area is 379 Å². The van der Waals surface area contributed by atoms with Crippen molar-refractivity contribution in [2.24, 2.45) is 0 Å². The van der Waals surface area contributed by atoms with Crippen LogP contribution in [0.3, 0.4) is 0 Å². The summed E-state index contributed by atoms with van der Waals surface area (Å²) < 4.78 is 2.36. The molecule has 1 aliphatic rings. The van der Waals surface area contributed by atoms with Crippen LogP contribution in [0.2, 0.25) is 0 Å². The molecule has 2 aromatic heterocycles. The van der Waals surface area contributed by atoms with Gasteiger partial charge in [0, 0.05) is 56.8 Å². The van der Waals surface area contributed by atoms with E-state index in [2.05, 4.69) is 254 Å². The zero-order valence-corrected chi connectivity index (χ0v) is 36.5. The largest absolute Gasteiger partial charge is 0.344 e. The monoisotopic (exact) mass is 835 g/mol. The molecule has 65 heavy (non-hydrogen) atoms. The normalized spacial score (nSPS) is 12.7. The average Bonchev–Trinajstić information content (AvgIpc) is 3.82.